The number of hydrogen-bond donors (Lipinski definition) is 1. The number of nitrogens with zero attached hydrogens (tertiary/aromatic N) is 1. The molecular weight excluding hydrogens is 360 g/mol. The monoisotopic (exact) mass is 388 g/mol. The highest BCUT2D eigenvalue weighted by Crippen LogP contribution is 2.33. The molecule has 0 unspecified atom stereocenters. The molecule has 0 aromatic heterocycles. The van der Waals surface area contributed by atoms with Gasteiger partial charge in [0.1, 0.15) is 5.75 Å². The number of carbonyl (C=O) groups is 3. The largest absolute Gasteiger partial charge is 0.475 e. The summed E-state index contributed by atoms with van der Waals surface area (Å²) in [6, 6.07) is 7.18. The minimum Gasteiger partial charge on any atom is -0.475 e. The lowest BCUT2D eigenvalue weighted by Crippen LogP contribution is -2.49. The Hall–Kier alpha value is -2.57. The second-order valence-electron chi connectivity index (χ2n) is 7.48. The molecule has 1 aromatic carbocycles. The van der Waals surface area contributed by atoms with Gasteiger partial charge in [-0.1, -0.05) is 37.8 Å². The lowest BCUT2D eigenvalue weighted by molar-refractivity contribution is -0.161. The van der Waals surface area contributed by atoms with E-state index in [1.165, 1.54) is 24.7 Å². The Morgan fingerprint density at radius 2 is 1.82 bits per heavy atom. The van der Waals surface area contributed by atoms with Gasteiger partial charge in [-0.2, -0.15) is 0 Å². The van der Waals surface area contributed by atoms with Gasteiger partial charge in [0, 0.05) is 13.0 Å². The predicted octanol–water partition coefficient (Wildman–Crippen LogP) is 2.57. The molecule has 7 nitrogen and oxygen atoms in total. The van der Waals surface area contributed by atoms with Gasteiger partial charge in [-0.25, -0.2) is 4.79 Å². The van der Waals surface area contributed by atoms with E-state index in [2.05, 4.69) is 5.32 Å². The SMILES string of the molecule is CC(=O)N1C[C@H](C(=O)O[C@@H](C)C(=O)NC2CCCCCC2)Oc2ccccc21. The molecule has 7 heteroatoms. The first kappa shape index (κ1) is 20.2. The van der Waals surface area contributed by atoms with Crippen molar-refractivity contribution < 1.29 is 23.9 Å². The van der Waals surface area contributed by atoms with Crippen molar-refractivity contribution in [3.63, 3.8) is 0 Å². The van der Waals surface area contributed by atoms with Gasteiger partial charge in [0.2, 0.25) is 12.0 Å². The fourth-order valence-corrected chi connectivity index (χ4v) is 3.70. The van der Waals surface area contributed by atoms with Crippen LogP contribution in [0.4, 0.5) is 5.69 Å². The molecule has 0 radical (unpaired) electrons. The molecule has 0 saturated heterocycles. The molecule has 1 fully saturated rings. The zero-order chi connectivity index (χ0) is 20.1. The number of nitrogens with one attached hydrogen (secondary N) is 1. The number of ether oxygens (including phenoxy) is 2. The van der Waals surface area contributed by atoms with Gasteiger partial charge in [-0.05, 0) is 31.9 Å². The highest BCUT2D eigenvalue weighted by atomic mass is 16.6. The van der Waals surface area contributed by atoms with E-state index in [1.807, 2.05) is 0 Å². The first-order valence-electron chi connectivity index (χ1n) is 10.0. The van der Waals surface area contributed by atoms with Crippen LogP contribution < -0.4 is 15.0 Å². The molecule has 0 spiro atoms. The van der Waals surface area contributed by atoms with Crippen LogP contribution >= 0.6 is 0 Å². The van der Waals surface area contributed by atoms with Crippen LogP contribution in [0.5, 0.6) is 5.75 Å². The van der Waals surface area contributed by atoms with E-state index in [1.54, 1.807) is 31.2 Å². The predicted molar refractivity (Wildman–Crippen MR) is 104 cm³/mol. The summed E-state index contributed by atoms with van der Waals surface area (Å²) in [7, 11) is 0. The minimum absolute atomic E-state index is 0.0577. The third-order valence-electron chi connectivity index (χ3n) is 5.28. The third-order valence-corrected chi connectivity index (χ3v) is 5.28. The number of para-hydroxylation sites is 2. The molecule has 2 atom stereocenters. The van der Waals surface area contributed by atoms with E-state index in [9.17, 15) is 14.4 Å². The Labute approximate surface area is 165 Å². The maximum absolute atomic E-state index is 12.6. The van der Waals surface area contributed by atoms with Crippen LogP contribution in [0.15, 0.2) is 24.3 Å². The molecule has 3 rings (SSSR count). The third kappa shape index (κ3) is 4.82. The van der Waals surface area contributed by atoms with E-state index in [0.29, 0.717) is 11.4 Å². The van der Waals surface area contributed by atoms with Crippen molar-refractivity contribution >= 4 is 23.5 Å². The summed E-state index contributed by atoms with van der Waals surface area (Å²) >= 11 is 0. The van der Waals surface area contributed by atoms with Gasteiger partial charge in [0.15, 0.2) is 6.10 Å². The number of benzene rings is 1. The average Bonchev–Trinajstić information content (AvgIpc) is 2.95. The van der Waals surface area contributed by atoms with Crippen LogP contribution in [0, 0.1) is 0 Å². The summed E-state index contributed by atoms with van der Waals surface area (Å²) in [5.74, 6) is -0.682. The molecule has 1 heterocycles. The highest BCUT2D eigenvalue weighted by Gasteiger charge is 2.35. The Kier molecular flexibility index (Phi) is 6.54. The molecule has 2 aliphatic rings. The van der Waals surface area contributed by atoms with Crippen LogP contribution in [0.3, 0.4) is 0 Å². The molecular formula is C21H28N2O5. The first-order chi connectivity index (χ1) is 13.5. The van der Waals surface area contributed by atoms with Crippen molar-refractivity contribution in [1.29, 1.82) is 0 Å². The topological polar surface area (TPSA) is 84.9 Å². The second-order valence-corrected chi connectivity index (χ2v) is 7.48. The fraction of sp³-hybridized carbons (Fsp3) is 0.571. The number of hydrogen-bond acceptors (Lipinski definition) is 5. The molecule has 1 aliphatic heterocycles. The summed E-state index contributed by atoms with van der Waals surface area (Å²) in [6.45, 7) is 3.05. The van der Waals surface area contributed by atoms with Crippen molar-refractivity contribution in [2.45, 2.75) is 70.6 Å². The van der Waals surface area contributed by atoms with Crippen LogP contribution in [0.1, 0.15) is 52.4 Å². The maximum atomic E-state index is 12.6. The average molecular weight is 388 g/mol. The standard InChI is InChI=1S/C21H28N2O5/c1-14(20(25)22-16-9-5-3-4-6-10-16)27-21(26)19-13-23(15(2)24)17-11-7-8-12-18(17)28-19/h7-8,11-12,14,16,19H,3-6,9-10,13H2,1-2H3,(H,22,25)/t14-,19+/m0/s1. The van der Waals surface area contributed by atoms with Gasteiger partial charge >= 0.3 is 5.97 Å². The summed E-state index contributed by atoms with van der Waals surface area (Å²) in [5.41, 5.74) is 0.623. The number of rotatable bonds is 4. The van der Waals surface area contributed by atoms with Gasteiger partial charge in [0.25, 0.3) is 5.91 Å². The van der Waals surface area contributed by atoms with E-state index in [0.717, 1.165) is 25.7 Å². The van der Waals surface area contributed by atoms with Crippen molar-refractivity contribution in [3.8, 4) is 5.75 Å². The summed E-state index contributed by atoms with van der Waals surface area (Å²) in [5, 5.41) is 2.99. The van der Waals surface area contributed by atoms with Gasteiger partial charge in [-0.3, -0.25) is 9.59 Å². The Morgan fingerprint density at radius 3 is 2.50 bits per heavy atom. The van der Waals surface area contributed by atoms with E-state index in [4.69, 9.17) is 9.47 Å². The molecule has 1 aliphatic carbocycles. The zero-order valence-electron chi connectivity index (χ0n) is 16.5. The Morgan fingerprint density at radius 1 is 1.14 bits per heavy atom. The quantitative estimate of drug-likeness (QED) is 0.633. The van der Waals surface area contributed by atoms with E-state index < -0.39 is 18.2 Å². The molecule has 1 aromatic rings. The fourth-order valence-electron chi connectivity index (χ4n) is 3.70. The summed E-state index contributed by atoms with van der Waals surface area (Å²) in [4.78, 5) is 38.4. The molecule has 28 heavy (non-hydrogen) atoms. The van der Waals surface area contributed by atoms with Gasteiger partial charge in [-0.15, -0.1) is 0 Å². The maximum Gasteiger partial charge on any atom is 0.350 e. The first-order valence-corrected chi connectivity index (χ1v) is 10.0. The Bertz CT molecular complexity index is 727. The van der Waals surface area contributed by atoms with Crippen LogP contribution in [-0.4, -0.2) is 42.6 Å². The number of carbonyl (C=O) groups excluding carboxylic acids is 3. The highest BCUT2D eigenvalue weighted by molar-refractivity contribution is 5.95. The Balaban J connectivity index is 1.59. The summed E-state index contributed by atoms with van der Waals surface area (Å²) in [6.07, 6.45) is 4.65. The molecule has 2 amide bonds. The van der Waals surface area contributed by atoms with Crippen molar-refractivity contribution in [1.82, 2.24) is 5.32 Å². The van der Waals surface area contributed by atoms with Crippen molar-refractivity contribution in [3.05, 3.63) is 24.3 Å². The van der Waals surface area contributed by atoms with Crippen LogP contribution in [-0.2, 0) is 19.1 Å². The molecule has 1 N–H and O–H groups in total. The number of fused-ring (bicyclic) bond motifs is 1. The molecule has 0 bridgehead atoms. The molecule has 1 saturated carbocycles. The van der Waals surface area contributed by atoms with Gasteiger partial charge < -0.3 is 19.7 Å². The van der Waals surface area contributed by atoms with Crippen LogP contribution in [0.25, 0.3) is 0 Å². The number of anilines is 1. The smallest absolute Gasteiger partial charge is 0.350 e. The normalized spacial score (nSPS) is 20.9. The number of esters is 1. The van der Waals surface area contributed by atoms with Gasteiger partial charge in [0.05, 0.1) is 12.2 Å². The lowest BCUT2D eigenvalue weighted by atomic mass is 10.1. The van der Waals surface area contributed by atoms with Crippen LogP contribution in [0.2, 0.25) is 0 Å². The van der Waals surface area contributed by atoms with Crippen molar-refractivity contribution in [2.24, 2.45) is 0 Å². The minimum atomic E-state index is -0.966. The summed E-state index contributed by atoms with van der Waals surface area (Å²) < 4.78 is 11.1. The second kappa shape index (κ2) is 9.08. The lowest BCUT2D eigenvalue weighted by Gasteiger charge is -2.33. The number of amides is 2. The van der Waals surface area contributed by atoms with E-state index in [-0.39, 0.29) is 24.4 Å². The van der Waals surface area contributed by atoms with Crippen molar-refractivity contribution in [2.75, 3.05) is 11.4 Å². The molecule has 152 valence electrons. The zero-order valence-corrected chi connectivity index (χ0v) is 16.5. The van der Waals surface area contributed by atoms with E-state index >= 15 is 0 Å².